The van der Waals surface area contributed by atoms with E-state index < -0.39 is 0 Å². The molecule has 1 aromatic heterocycles. The third-order valence-electron chi connectivity index (χ3n) is 5.11. The van der Waals surface area contributed by atoms with Crippen molar-refractivity contribution >= 4 is 17.1 Å². The molecule has 4 rings (SSSR count). The predicted molar refractivity (Wildman–Crippen MR) is 107 cm³/mol. The van der Waals surface area contributed by atoms with Crippen LogP contribution in [0.4, 0.5) is 0 Å². The maximum Gasteiger partial charge on any atom is 0.173 e. The Balaban J connectivity index is 1.67. The van der Waals surface area contributed by atoms with Gasteiger partial charge in [0.2, 0.25) is 0 Å². The van der Waals surface area contributed by atoms with Crippen LogP contribution in [0.1, 0.15) is 43.7 Å². The van der Waals surface area contributed by atoms with Gasteiger partial charge in [-0.05, 0) is 68.8 Å². The molecule has 6 heteroatoms. The van der Waals surface area contributed by atoms with Gasteiger partial charge in [-0.25, -0.2) is 4.98 Å². The zero-order chi connectivity index (χ0) is 19.0. The molecule has 0 saturated heterocycles. The summed E-state index contributed by atoms with van der Waals surface area (Å²) in [5.74, 6) is 1.68. The SMILES string of the molecule is CC(C)Oc1ccc(-c2nsc(C3=C4CC[C@H](N)C4CC=C3)n2)cc1C#N. The molecule has 1 saturated carbocycles. The third-order valence-corrected chi connectivity index (χ3v) is 5.86. The van der Waals surface area contributed by atoms with Crippen LogP contribution in [0.25, 0.3) is 17.0 Å². The van der Waals surface area contributed by atoms with Gasteiger partial charge >= 0.3 is 0 Å². The minimum atomic E-state index is 0.0178. The van der Waals surface area contributed by atoms with Crippen molar-refractivity contribution in [3.8, 4) is 23.2 Å². The molecule has 27 heavy (non-hydrogen) atoms. The van der Waals surface area contributed by atoms with Crippen LogP contribution >= 0.6 is 11.5 Å². The Morgan fingerprint density at radius 3 is 3.00 bits per heavy atom. The predicted octanol–water partition coefficient (Wildman–Crippen LogP) is 4.31. The van der Waals surface area contributed by atoms with E-state index in [1.807, 2.05) is 26.0 Å². The summed E-state index contributed by atoms with van der Waals surface area (Å²) in [4.78, 5) is 4.76. The summed E-state index contributed by atoms with van der Waals surface area (Å²) >= 11 is 1.40. The fourth-order valence-electron chi connectivity index (χ4n) is 3.83. The minimum Gasteiger partial charge on any atom is -0.490 e. The average molecular weight is 379 g/mol. The first-order valence-electron chi connectivity index (χ1n) is 9.27. The fourth-order valence-corrected chi connectivity index (χ4v) is 4.57. The van der Waals surface area contributed by atoms with Crippen molar-refractivity contribution in [1.82, 2.24) is 9.36 Å². The van der Waals surface area contributed by atoms with Gasteiger partial charge in [0, 0.05) is 17.2 Å². The van der Waals surface area contributed by atoms with Crippen molar-refractivity contribution in [3.05, 3.63) is 46.5 Å². The molecule has 0 amide bonds. The molecule has 2 N–H and O–H groups in total. The Morgan fingerprint density at radius 2 is 2.22 bits per heavy atom. The van der Waals surface area contributed by atoms with E-state index in [0.717, 1.165) is 29.8 Å². The number of aromatic nitrogens is 2. The van der Waals surface area contributed by atoms with E-state index in [4.69, 9.17) is 15.5 Å². The Hall–Kier alpha value is -2.49. The zero-order valence-corrected chi connectivity index (χ0v) is 16.3. The molecule has 0 aliphatic heterocycles. The van der Waals surface area contributed by atoms with Crippen LogP contribution in [-0.4, -0.2) is 21.5 Å². The highest BCUT2D eigenvalue weighted by Crippen LogP contribution is 2.42. The van der Waals surface area contributed by atoms with Crippen molar-refractivity contribution in [2.24, 2.45) is 11.7 Å². The summed E-state index contributed by atoms with van der Waals surface area (Å²) in [7, 11) is 0. The lowest BCUT2D eigenvalue weighted by Crippen LogP contribution is -2.25. The molecule has 1 heterocycles. The van der Waals surface area contributed by atoms with E-state index in [0.29, 0.717) is 23.1 Å². The molecule has 2 atom stereocenters. The molecule has 1 aromatic carbocycles. The van der Waals surface area contributed by atoms with Crippen molar-refractivity contribution in [1.29, 1.82) is 5.26 Å². The first-order valence-corrected chi connectivity index (χ1v) is 10.0. The summed E-state index contributed by atoms with van der Waals surface area (Å²) in [6.45, 7) is 3.89. The minimum absolute atomic E-state index is 0.0178. The normalized spacial score (nSPS) is 21.4. The first-order chi connectivity index (χ1) is 13.1. The van der Waals surface area contributed by atoms with Crippen LogP contribution in [0.5, 0.6) is 5.75 Å². The van der Waals surface area contributed by atoms with Crippen molar-refractivity contribution in [2.75, 3.05) is 0 Å². The molecule has 2 aliphatic rings. The van der Waals surface area contributed by atoms with E-state index in [2.05, 4.69) is 22.6 Å². The highest BCUT2D eigenvalue weighted by molar-refractivity contribution is 7.06. The van der Waals surface area contributed by atoms with Gasteiger partial charge in [-0.15, -0.1) is 0 Å². The lowest BCUT2D eigenvalue weighted by atomic mass is 9.88. The highest BCUT2D eigenvalue weighted by Gasteiger charge is 2.32. The first kappa shape index (κ1) is 17.9. The Morgan fingerprint density at radius 1 is 1.37 bits per heavy atom. The maximum atomic E-state index is 9.44. The Labute approximate surface area is 163 Å². The number of fused-ring (bicyclic) bond motifs is 1. The summed E-state index contributed by atoms with van der Waals surface area (Å²) in [6.07, 6.45) is 7.48. The molecule has 0 spiro atoms. The molecule has 0 bridgehead atoms. The van der Waals surface area contributed by atoms with Crippen molar-refractivity contribution < 1.29 is 4.74 Å². The van der Waals surface area contributed by atoms with Crippen molar-refractivity contribution in [2.45, 2.75) is 45.3 Å². The average Bonchev–Trinajstić information content (AvgIpc) is 3.29. The molecule has 2 aliphatic carbocycles. The summed E-state index contributed by atoms with van der Waals surface area (Å²) in [6, 6.07) is 7.98. The second-order valence-corrected chi connectivity index (χ2v) is 8.05. The van der Waals surface area contributed by atoms with Crippen molar-refractivity contribution in [3.63, 3.8) is 0 Å². The van der Waals surface area contributed by atoms with Gasteiger partial charge in [-0.2, -0.15) is 9.64 Å². The van der Waals surface area contributed by atoms with Crippen LogP contribution in [-0.2, 0) is 0 Å². The molecule has 0 radical (unpaired) electrons. The monoisotopic (exact) mass is 378 g/mol. The number of ether oxygens (including phenoxy) is 1. The molecular weight excluding hydrogens is 356 g/mol. The fraction of sp³-hybridized carbons (Fsp3) is 0.381. The molecule has 2 aromatic rings. The molecule has 138 valence electrons. The standard InChI is InChI=1S/C21H22N4OS/c1-12(2)26-19-9-6-13(10-14(19)11-22)20-24-21(27-25-20)17-5-3-4-16-15(17)7-8-18(16)23/h3,5-6,9-10,12,16,18H,4,7-8,23H2,1-2H3/t16?,18-/m0/s1. The van der Waals surface area contributed by atoms with Gasteiger partial charge in [0.15, 0.2) is 5.82 Å². The summed E-state index contributed by atoms with van der Waals surface area (Å²) in [5.41, 5.74) is 10.2. The number of hydrogen-bond acceptors (Lipinski definition) is 6. The van der Waals surface area contributed by atoms with Gasteiger partial charge in [0.25, 0.3) is 0 Å². The Kier molecular flexibility index (Phi) is 4.81. The number of nitrogens with zero attached hydrogens (tertiary/aromatic N) is 3. The van der Waals surface area contributed by atoms with E-state index >= 15 is 0 Å². The van der Waals surface area contributed by atoms with Gasteiger partial charge < -0.3 is 10.5 Å². The lowest BCUT2D eigenvalue weighted by Gasteiger charge is -2.20. The second-order valence-electron chi connectivity index (χ2n) is 7.30. The van der Waals surface area contributed by atoms with E-state index in [9.17, 15) is 5.26 Å². The smallest absolute Gasteiger partial charge is 0.173 e. The van der Waals surface area contributed by atoms with Crippen LogP contribution < -0.4 is 10.5 Å². The van der Waals surface area contributed by atoms with Crippen LogP contribution in [0, 0.1) is 17.2 Å². The summed E-state index contributed by atoms with van der Waals surface area (Å²) < 4.78 is 10.2. The second kappa shape index (κ2) is 7.26. The molecular formula is C21H22N4OS. The number of allylic oxidation sites excluding steroid dienone is 3. The number of hydrogen-bond donors (Lipinski definition) is 1. The van der Waals surface area contributed by atoms with Crippen LogP contribution in [0.15, 0.2) is 35.9 Å². The quantitative estimate of drug-likeness (QED) is 0.857. The molecule has 5 nitrogen and oxygen atoms in total. The van der Waals surface area contributed by atoms with E-state index in [1.54, 1.807) is 6.07 Å². The topological polar surface area (TPSA) is 84.8 Å². The van der Waals surface area contributed by atoms with E-state index in [1.165, 1.54) is 22.7 Å². The van der Waals surface area contributed by atoms with Crippen LogP contribution in [0.2, 0.25) is 0 Å². The maximum absolute atomic E-state index is 9.44. The van der Waals surface area contributed by atoms with Gasteiger partial charge in [-0.1, -0.05) is 17.7 Å². The number of nitriles is 1. The molecule has 1 unspecified atom stereocenters. The van der Waals surface area contributed by atoms with Crippen LogP contribution in [0.3, 0.4) is 0 Å². The number of nitrogens with two attached hydrogens (primary N) is 1. The van der Waals surface area contributed by atoms with Gasteiger partial charge in [0.05, 0.1) is 11.7 Å². The number of benzene rings is 1. The highest BCUT2D eigenvalue weighted by atomic mass is 32.1. The van der Waals surface area contributed by atoms with E-state index in [-0.39, 0.29) is 12.1 Å². The largest absolute Gasteiger partial charge is 0.490 e. The lowest BCUT2D eigenvalue weighted by molar-refractivity contribution is 0.242. The molecule has 1 fully saturated rings. The Bertz CT molecular complexity index is 967. The zero-order valence-electron chi connectivity index (χ0n) is 15.5. The number of rotatable bonds is 4. The third kappa shape index (κ3) is 3.41. The van der Waals surface area contributed by atoms with Gasteiger partial charge in [0.1, 0.15) is 16.8 Å². The van der Waals surface area contributed by atoms with Gasteiger partial charge in [-0.3, -0.25) is 0 Å². The summed E-state index contributed by atoms with van der Waals surface area (Å²) in [5, 5.41) is 10.4.